The summed E-state index contributed by atoms with van der Waals surface area (Å²) in [4.78, 5) is 51.9. The van der Waals surface area contributed by atoms with Gasteiger partial charge in [-0.05, 0) is 19.3 Å². The van der Waals surface area contributed by atoms with E-state index >= 15 is 0 Å². The topological polar surface area (TPSA) is 541 Å². The summed E-state index contributed by atoms with van der Waals surface area (Å²) in [7, 11) is 0. The van der Waals surface area contributed by atoms with Gasteiger partial charge in [0.15, 0.2) is 25.2 Å². The molecule has 10 unspecified atom stereocenters. The lowest BCUT2D eigenvalue weighted by atomic mass is 9.88. The number of hydrogen-bond donors (Lipinski definition) is 20. The molecule has 648 valence electrons. The fourth-order valence-corrected chi connectivity index (χ4v) is 15.0. The number of unbranched alkanes of at least 4 members (excludes halogenated alkanes) is 29. The highest BCUT2D eigenvalue weighted by Gasteiger charge is 2.61. The third-order valence-corrected chi connectivity index (χ3v) is 21.6. The molecule has 0 radical (unpaired) electrons. The number of carbonyl (C=O) groups excluding carboxylic acids is 3. The van der Waals surface area contributed by atoms with Crippen LogP contribution in [0.3, 0.4) is 0 Å². The first kappa shape index (κ1) is 98.2. The van der Waals surface area contributed by atoms with Gasteiger partial charge in [-0.1, -0.05) is 206 Å². The van der Waals surface area contributed by atoms with E-state index in [4.69, 9.17) is 47.4 Å². The van der Waals surface area contributed by atoms with Crippen molar-refractivity contribution in [1.82, 2.24) is 16.0 Å². The maximum Gasteiger partial charge on any atom is 0.364 e. The molecule has 0 saturated carbocycles. The molecule has 5 aliphatic rings. The fourth-order valence-electron chi connectivity index (χ4n) is 15.0. The zero-order valence-corrected chi connectivity index (χ0v) is 65.6. The molecule has 20 N–H and O–H groups in total. The van der Waals surface area contributed by atoms with Crippen molar-refractivity contribution in [2.75, 3.05) is 39.6 Å². The van der Waals surface area contributed by atoms with Crippen LogP contribution < -0.4 is 16.0 Å². The predicted molar refractivity (Wildman–Crippen MR) is 397 cm³/mol. The number of aliphatic carboxylic acids is 1. The number of ether oxygens (including phenoxy) is 10. The highest BCUT2D eigenvalue weighted by molar-refractivity contribution is 5.77. The van der Waals surface area contributed by atoms with Crippen molar-refractivity contribution in [2.24, 2.45) is 0 Å². The van der Waals surface area contributed by atoms with Crippen molar-refractivity contribution in [3.8, 4) is 0 Å². The number of nitrogens with one attached hydrogen (secondary N) is 3. The van der Waals surface area contributed by atoms with Gasteiger partial charge in [-0.3, -0.25) is 14.4 Å². The molecule has 0 spiro atoms. The van der Waals surface area contributed by atoms with E-state index < -0.39 is 235 Å². The first-order valence-electron chi connectivity index (χ1n) is 41.1. The Morgan fingerprint density at radius 3 is 1.32 bits per heavy atom. The van der Waals surface area contributed by atoms with Crippen LogP contribution in [0.1, 0.15) is 240 Å². The van der Waals surface area contributed by atoms with Gasteiger partial charge >= 0.3 is 5.97 Å². The van der Waals surface area contributed by atoms with Crippen molar-refractivity contribution in [3.05, 3.63) is 12.2 Å². The average molecular weight is 1600 g/mol. The van der Waals surface area contributed by atoms with E-state index in [9.17, 15) is 106 Å². The Labute approximate surface area is 653 Å². The number of hydrogen-bond acceptors (Lipinski definition) is 30. The summed E-state index contributed by atoms with van der Waals surface area (Å²) in [5, 5.41) is 196. The molecule has 34 heteroatoms. The Morgan fingerprint density at radius 2 is 0.865 bits per heavy atom. The molecule has 5 fully saturated rings. The number of carboxylic acid groups (broad SMARTS) is 1. The second-order valence-corrected chi connectivity index (χ2v) is 30.7. The third kappa shape index (κ3) is 31.4. The van der Waals surface area contributed by atoms with Gasteiger partial charge in [0.2, 0.25) is 17.7 Å². The Hall–Kier alpha value is -3.42. The van der Waals surface area contributed by atoms with Crippen LogP contribution in [-0.4, -0.2) is 321 Å². The molecule has 0 aliphatic carbocycles. The summed E-state index contributed by atoms with van der Waals surface area (Å²) in [5.41, 5.74) is 0. The van der Waals surface area contributed by atoms with Crippen molar-refractivity contribution in [1.29, 1.82) is 0 Å². The quantitative estimate of drug-likeness (QED) is 0.0291. The molecule has 111 heavy (non-hydrogen) atoms. The molecule has 5 rings (SSSR count). The standard InChI is InChI=1S/C77H139N3O31/c1-5-7-9-11-13-15-17-19-20-21-22-23-24-26-28-30-32-34-36-38-56(91)80-48(49(88)37-35-33-31-29-27-25-18-16-14-12-10-8-6-2)45-102-73-64(97)62(95)68(54(43-84)105-73)108-74-65(98)63(96)67(55(44-85)106-74)107-72-58(79-47(4)87)69(60(93)52(41-82)103-72)109-75-66(99)71(61(94)53(42-83)104-75)111-77(76(100)101)39-50(89)57(78-46(3)86)70(110-77)59(92)51(90)40-81/h35,37,48-55,57-75,81-85,88-90,92-99H,5-34,36,38-45H2,1-4H3,(H,78,86)(H,79,87)(H,80,91)(H,100,101)/b37-35+/t48-,49+,50?,51+,52?,53?,54?,55?,57+,58?,59+,60-,61-,62+,63+,64?,65?,66?,67-,68+,69+,70?,71-,72-,73+,74-,75-,77-/m0/s1. The van der Waals surface area contributed by atoms with Crippen LogP contribution >= 0.6 is 0 Å². The van der Waals surface area contributed by atoms with E-state index in [1.165, 1.54) is 135 Å². The largest absolute Gasteiger partial charge is 0.477 e. The lowest BCUT2D eigenvalue weighted by Crippen LogP contribution is -2.71. The Balaban J connectivity index is 1.22. The smallest absolute Gasteiger partial charge is 0.364 e. The number of amides is 3. The van der Waals surface area contributed by atoms with Crippen LogP contribution in [0.2, 0.25) is 0 Å². The SMILES string of the molecule is CCCCCCCCCCCCC/C=C/[C@@H](O)[C@H](CO[C@@H]1OC(CO)[C@@H](O[C@@H]2OC(CO)[C@H](O[C@@H]3OC(CO)[C@H](O)[C@H](O[C@@H]4OC(CO)[C@H](O)[C@H](O[C@]5(C(=O)O)CC(O)[C@@H](NC(C)=O)C([C@H](O)[C@H](O)CO)O5)C4O)C3NC(C)=O)[C@H](O)C2O)[C@H](O)C1O)NC(=O)CCCCCCCCCCCCCCCCCCCCC. The number of carbonyl (C=O) groups is 4. The Kier molecular flexibility index (Phi) is 47.0. The van der Waals surface area contributed by atoms with Crippen LogP contribution in [0.4, 0.5) is 0 Å². The summed E-state index contributed by atoms with van der Waals surface area (Å²) in [5.74, 6) is -7.35. The summed E-state index contributed by atoms with van der Waals surface area (Å²) in [6, 6.07) is -4.59. The van der Waals surface area contributed by atoms with Gasteiger partial charge < -0.3 is 150 Å². The van der Waals surface area contributed by atoms with Crippen LogP contribution in [0, 0.1) is 0 Å². The average Bonchev–Trinajstić information content (AvgIpc) is 0.754. The molecule has 0 bridgehead atoms. The molecule has 0 aromatic carbocycles. The van der Waals surface area contributed by atoms with Crippen molar-refractivity contribution in [3.63, 3.8) is 0 Å². The van der Waals surface area contributed by atoms with E-state index in [1.807, 2.05) is 6.08 Å². The second-order valence-electron chi connectivity index (χ2n) is 30.7. The minimum Gasteiger partial charge on any atom is -0.477 e. The number of aliphatic hydroxyl groups excluding tert-OH is 16. The monoisotopic (exact) mass is 1600 g/mol. The van der Waals surface area contributed by atoms with E-state index in [1.54, 1.807) is 6.08 Å². The maximum atomic E-state index is 13.5. The van der Waals surface area contributed by atoms with Crippen molar-refractivity contribution < 1.29 is 153 Å². The van der Waals surface area contributed by atoms with Gasteiger partial charge in [0, 0.05) is 26.7 Å². The predicted octanol–water partition coefficient (Wildman–Crippen LogP) is 0.518. The Morgan fingerprint density at radius 1 is 0.468 bits per heavy atom. The summed E-state index contributed by atoms with van der Waals surface area (Å²) < 4.78 is 58.9. The third-order valence-electron chi connectivity index (χ3n) is 21.6. The molecule has 5 saturated heterocycles. The minimum absolute atomic E-state index is 0.178. The normalized spacial score (nSPS) is 33.8. The van der Waals surface area contributed by atoms with E-state index in [0.717, 1.165) is 65.2 Å². The number of aliphatic hydroxyl groups is 16. The lowest BCUT2D eigenvalue weighted by molar-refractivity contribution is -0.389. The molecule has 0 aromatic heterocycles. The van der Waals surface area contributed by atoms with Crippen molar-refractivity contribution in [2.45, 2.75) is 411 Å². The van der Waals surface area contributed by atoms with E-state index in [0.29, 0.717) is 12.8 Å². The van der Waals surface area contributed by atoms with Crippen LogP contribution in [-0.2, 0) is 66.5 Å². The second kappa shape index (κ2) is 53.1. The molecule has 28 atom stereocenters. The van der Waals surface area contributed by atoms with Gasteiger partial charge in [-0.25, -0.2) is 4.79 Å². The molecular weight excluding hydrogens is 1460 g/mol. The van der Waals surface area contributed by atoms with Crippen LogP contribution in [0.25, 0.3) is 0 Å². The molecule has 3 amide bonds. The van der Waals surface area contributed by atoms with E-state index in [2.05, 4.69) is 29.8 Å². The molecule has 0 aromatic rings. The lowest BCUT2D eigenvalue weighted by Gasteiger charge is -2.51. The van der Waals surface area contributed by atoms with Crippen molar-refractivity contribution >= 4 is 23.7 Å². The van der Waals surface area contributed by atoms with Gasteiger partial charge in [0.1, 0.15) is 116 Å². The van der Waals surface area contributed by atoms with Crippen LogP contribution in [0.5, 0.6) is 0 Å². The molecule has 5 aliphatic heterocycles. The highest BCUT2D eigenvalue weighted by atomic mass is 16.8. The highest BCUT2D eigenvalue weighted by Crippen LogP contribution is 2.40. The number of allylic oxidation sites excluding steroid dienone is 1. The first-order valence-corrected chi connectivity index (χ1v) is 41.1. The number of carboxylic acids is 1. The minimum atomic E-state index is -3.21. The Bertz CT molecular complexity index is 2570. The summed E-state index contributed by atoms with van der Waals surface area (Å²) in [6.07, 6.45) is -8.99. The first-order chi connectivity index (χ1) is 53.3. The van der Waals surface area contributed by atoms with Crippen LogP contribution in [0.15, 0.2) is 12.2 Å². The van der Waals surface area contributed by atoms with Gasteiger partial charge in [-0.15, -0.1) is 0 Å². The van der Waals surface area contributed by atoms with Gasteiger partial charge in [0.25, 0.3) is 5.79 Å². The van der Waals surface area contributed by atoms with Gasteiger partial charge in [0.05, 0.1) is 63.9 Å². The molecule has 34 nitrogen and oxygen atoms in total. The molecular formula is C77H139N3O31. The zero-order valence-electron chi connectivity index (χ0n) is 65.6. The summed E-state index contributed by atoms with van der Waals surface area (Å²) >= 11 is 0. The van der Waals surface area contributed by atoms with E-state index in [-0.39, 0.29) is 12.3 Å². The van der Waals surface area contributed by atoms with Gasteiger partial charge in [-0.2, -0.15) is 0 Å². The fraction of sp³-hybridized carbons (Fsp3) is 0.922. The molecule has 5 heterocycles. The zero-order chi connectivity index (χ0) is 81.6. The maximum absolute atomic E-state index is 13.5. The summed E-state index contributed by atoms with van der Waals surface area (Å²) in [6.45, 7) is 0.666. The number of rotatable bonds is 56.